The second-order valence-electron chi connectivity index (χ2n) is 6.28. The average Bonchev–Trinajstić information content (AvgIpc) is 2.94. The van der Waals surface area contributed by atoms with Gasteiger partial charge in [0.15, 0.2) is 0 Å². The van der Waals surface area contributed by atoms with E-state index in [1.807, 2.05) is 19.9 Å². The van der Waals surface area contributed by atoms with Gasteiger partial charge in [-0.1, -0.05) is 0 Å². The summed E-state index contributed by atoms with van der Waals surface area (Å²) in [6, 6.07) is 1.58. The molecule has 6 nitrogen and oxygen atoms in total. The van der Waals surface area contributed by atoms with E-state index in [-0.39, 0.29) is 17.6 Å². The number of nitrogens with one attached hydrogen (secondary N) is 1. The maximum atomic E-state index is 12.7. The molecule has 1 unspecified atom stereocenters. The monoisotopic (exact) mass is 346 g/mol. The van der Waals surface area contributed by atoms with Gasteiger partial charge in [-0.2, -0.15) is 0 Å². The Morgan fingerprint density at radius 1 is 1.46 bits per heavy atom. The number of amides is 2. The van der Waals surface area contributed by atoms with Crippen LogP contribution in [0.25, 0.3) is 0 Å². The first-order valence-electron chi connectivity index (χ1n) is 8.04. The maximum Gasteiger partial charge on any atom is 0.322 e. The number of rotatable bonds is 2. The summed E-state index contributed by atoms with van der Waals surface area (Å²) in [4.78, 5) is 32.4. The first kappa shape index (κ1) is 16.7. The number of anilines is 1. The Morgan fingerprint density at radius 3 is 2.96 bits per heavy atom. The van der Waals surface area contributed by atoms with Gasteiger partial charge in [-0.05, 0) is 44.7 Å². The third-order valence-electron chi connectivity index (χ3n) is 4.52. The molecular formula is C17H22N4O2S. The predicted octanol–water partition coefficient (Wildman–Crippen LogP) is 3.00. The molecule has 128 valence electrons. The quantitative estimate of drug-likeness (QED) is 0.909. The number of hydrogen-bond acceptors (Lipinski definition) is 4. The number of aromatic nitrogens is 2. The summed E-state index contributed by atoms with van der Waals surface area (Å²) in [6.07, 6.45) is 4.61. The van der Waals surface area contributed by atoms with Crippen LogP contribution in [0.5, 0.6) is 0 Å². The Balaban J connectivity index is 1.84. The molecule has 2 heterocycles. The van der Waals surface area contributed by atoms with E-state index in [2.05, 4.69) is 10.3 Å². The van der Waals surface area contributed by atoms with Crippen molar-refractivity contribution >= 4 is 23.1 Å². The zero-order valence-electron chi connectivity index (χ0n) is 14.4. The van der Waals surface area contributed by atoms with Gasteiger partial charge in [0.2, 0.25) is 0 Å². The second kappa shape index (κ2) is 6.39. The van der Waals surface area contributed by atoms with E-state index in [9.17, 15) is 9.59 Å². The highest BCUT2D eigenvalue weighted by molar-refractivity contribution is 7.11. The first-order valence-corrected chi connectivity index (χ1v) is 8.86. The fourth-order valence-electron chi connectivity index (χ4n) is 3.10. The molecule has 3 rings (SSSR count). The van der Waals surface area contributed by atoms with Crippen LogP contribution in [-0.4, -0.2) is 27.5 Å². The molecule has 0 saturated heterocycles. The zero-order chi connectivity index (χ0) is 17.4. The summed E-state index contributed by atoms with van der Waals surface area (Å²) in [7, 11) is 3.46. The zero-order valence-corrected chi connectivity index (χ0v) is 15.2. The van der Waals surface area contributed by atoms with Crippen LogP contribution in [0.2, 0.25) is 0 Å². The molecule has 0 fully saturated rings. The van der Waals surface area contributed by atoms with Crippen LogP contribution in [0.4, 0.5) is 10.5 Å². The van der Waals surface area contributed by atoms with Crippen molar-refractivity contribution in [2.24, 2.45) is 7.05 Å². The highest BCUT2D eigenvalue weighted by Gasteiger charge is 2.30. The third kappa shape index (κ3) is 2.96. The molecule has 0 aromatic carbocycles. The minimum atomic E-state index is -0.259. The molecule has 1 aliphatic rings. The predicted molar refractivity (Wildman–Crippen MR) is 95.7 cm³/mol. The van der Waals surface area contributed by atoms with Crippen LogP contribution in [-0.2, 0) is 13.5 Å². The Labute approximate surface area is 145 Å². The molecule has 1 aliphatic carbocycles. The maximum absolute atomic E-state index is 12.7. The third-order valence-corrected chi connectivity index (χ3v) is 5.64. The summed E-state index contributed by atoms with van der Waals surface area (Å²) >= 11 is 1.66. The van der Waals surface area contributed by atoms with Gasteiger partial charge in [0.25, 0.3) is 5.56 Å². The standard InChI is InChI=1S/C17H22N4O2S/c1-10-8-9-20(3)16(22)14(10)19-17(23)21(4)13-7-5-6-12-15(13)24-11(2)18-12/h8-9,13H,5-7H2,1-4H3,(H,19,23). The van der Waals surface area contributed by atoms with Crippen molar-refractivity contribution in [2.75, 3.05) is 12.4 Å². The SMILES string of the molecule is Cc1nc2c(s1)C(N(C)C(=O)Nc1c(C)ccn(C)c1=O)CCC2. The van der Waals surface area contributed by atoms with E-state index in [4.69, 9.17) is 0 Å². The van der Waals surface area contributed by atoms with E-state index in [1.165, 1.54) is 9.44 Å². The van der Waals surface area contributed by atoms with E-state index in [0.717, 1.165) is 35.5 Å². The molecular weight excluding hydrogens is 324 g/mol. The number of thiazole rings is 1. The highest BCUT2D eigenvalue weighted by atomic mass is 32.1. The van der Waals surface area contributed by atoms with Crippen molar-refractivity contribution in [3.8, 4) is 0 Å². The number of urea groups is 1. The number of aryl methyl sites for hydroxylation is 4. The Hall–Kier alpha value is -2.15. The Bertz CT molecular complexity index is 840. The van der Waals surface area contributed by atoms with Crippen LogP contribution >= 0.6 is 11.3 Å². The van der Waals surface area contributed by atoms with E-state index in [0.29, 0.717) is 5.69 Å². The highest BCUT2D eigenvalue weighted by Crippen LogP contribution is 2.37. The smallest absolute Gasteiger partial charge is 0.320 e. The summed E-state index contributed by atoms with van der Waals surface area (Å²) in [5.41, 5.74) is 2.01. The van der Waals surface area contributed by atoms with Gasteiger partial charge in [-0.15, -0.1) is 11.3 Å². The van der Waals surface area contributed by atoms with E-state index < -0.39 is 0 Å². The molecule has 2 amide bonds. The molecule has 0 aliphatic heterocycles. The van der Waals surface area contributed by atoms with Gasteiger partial charge < -0.3 is 14.8 Å². The lowest BCUT2D eigenvalue weighted by Crippen LogP contribution is -2.38. The molecule has 0 saturated carbocycles. The lowest BCUT2D eigenvalue weighted by molar-refractivity contribution is 0.198. The molecule has 0 bridgehead atoms. The topological polar surface area (TPSA) is 67.2 Å². The lowest BCUT2D eigenvalue weighted by Gasteiger charge is -2.30. The Morgan fingerprint density at radius 2 is 2.21 bits per heavy atom. The number of carbonyl (C=O) groups is 1. The lowest BCUT2D eigenvalue weighted by atomic mass is 9.97. The molecule has 0 radical (unpaired) electrons. The fourth-order valence-corrected chi connectivity index (χ4v) is 4.25. The minimum absolute atomic E-state index is 0.0211. The van der Waals surface area contributed by atoms with Crippen molar-refractivity contribution < 1.29 is 4.79 Å². The van der Waals surface area contributed by atoms with Crippen LogP contribution < -0.4 is 10.9 Å². The fraction of sp³-hybridized carbons (Fsp3) is 0.471. The number of pyridine rings is 1. The van der Waals surface area contributed by atoms with Crippen molar-refractivity contribution in [3.05, 3.63) is 43.8 Å². The molecule has 0 spiro atoms. The molecule has 2 aromatic heterocycles. The van der Waals surface area contributed by atoms with Crippen molar-refractivity contribution in [1.29, 1.82) is 0 Å². The van der Waals surface area contributed by atoms with Crippen LogP contribution in [0.3, 0.4) is 0 Å². The largest absolute Gasteiger partial charge is 0.322 e. The molecule has 24 heavy (non-hydrogen) atoms. The summed E-state index contributed by atoms with van der Waals surface area (Å²) in [5.74, 6) is 0. The van der Waals surface area contributed by atoms with Gasteiger partial charge in [0.05, 0.1) is 21.6 Å². The summed E-state index contributed by atoms with van der Waals surface area (Å²) in [5, 5.41) is 3.83. The second-order valence-corrected chi connectivity index (χ2v) is 7.52. The average molecular weight is 346 g/mol. The number of carbonyl (C=O) groups excluding carboxylic acids is 1. The normalized spacial score (nSPS) is 16.6. The summed E-state index contributed by atoms with van der Waals surface area (Å²) in [6.45, 7) is 3.82. The Kier molecular flexibility index (Phi) is 4.45. The molecule has 2 aromatic rings. The van der Waals surface area contributed by atoms with Gasteiger partial charge in [0, 0.05) is 20.3 Å². The van der Waals surface area contributed by atoms with E-state index in [1.54, 1.807) is 36.5 Å². The van der Waals surface area contributed by atoms with Crippen molar-refractivity contribution in [2.45, 2.75) is 39.2 Å². The van der Waals surface area contributed by atoms with Crippen molar-refractivity contribution in [1.82, 2.24) is 14.5 Å². The number of hydrogen-bond donors (Lipinski definition) is 1. The first-order chi connectivity index (χ1) is 11.4. The number of fused-ring (bicyclic) bond motifs is 1. The van der Waals surface area contributed by atoms with Gasteiger partial charge >= 0.3 is 6.03 Å². The minimum Gasteiger partial charge on any atom is -0.320 e. The molecule has 1 N–H and O–H groups in total. The van der Waals surface area contributed by atoms with E-state index >= 15 is 0 Å². The van der Waals surface area contributed by atoms with Crippen LogP contribution in [0, 0.1) is 13.8 Å². The van der Waals surface area contributed by atoms with Gasteiger partial charge in [-0.3, -0.25) is 4.79 Å². The van der Waals surface area contributed by atoms with Crippen LogP contribution in [0.15, 0.2) is 17.1 Å². The molecule has 7 heteroatoms. The van der Waals surface area contributed by atoms with Crippen molar-refractivity contribution in [3.63, 3.8) is 0 Å². The number of nitrogens with zero attached hydrogens (tertiary/aromatic N) is 3. The molecule has 1 atom stereocenters. The summed E-state index contributed by atoms with van der Waals surface area (Å²) < 4.78 is 1.47. The van der Waals surface area contributed by atoms with Gasteiger partial charge in [0.1, 0.15) is 5.69 Å². The van der Waals surface area contributed by atoms with Crippen LogP contribution in [0.1, 0.15) is 40.0 Å². The van der Waals surface area contributed by atoms with Gasteiger partial charge in [-0.25, -0.2) is 9.78 Å².